The van der Waals surface area contributed by atoms with Gasteiger partial charge in [-0.25, -0.2) is 0 Å². The summed E-state index contributed by atoms with van der Waals surface area (Å²) in [6.45, 7) is 2.30. The molecule has 1 saturated heterocycles. The van der Waals surface area contributed by atoms with Crippen LogP contribution in [-0.4, -0.2) is 19.3 Å². The first-order chi connectivity index (χ1) is 10.4. The number of benzene rings is 2. The van der Waals surface area contributed by atoms with Crippen molar-refractivity contribution in [2.45, 2.75) is 19.3 Å². The van der Waals surface area contributed by atoms with Crippen molar-refractivity contribution in [3.63, 3.8) is 0 Å². The van der Waals surface area contributed by atoms with Gasteiger partial charge in [-0.15, -0.1) is 0 Å². The van der Waals surface area contributed by atoms with Crippen molar-refractivity contribution in [1.82, 2.24) is 0 Å². The van der Waals surface area contributed by atoms with Crippen LogP contribution in [0.3, 0.4) is 0 Å². The summed E-state index contributed by atoms with van der Waals surface area (Å²) in [4.78, 5) is 2.47. The van der Waals surface area contributed by atoms with Crippen molar-refractivity contribution in [3.05, 3.63) is 60.2 Å². The lowest BCUT2D eigenvalue weighted by Crippen LogP contribution is -2.30. The van der Waals surface area contributed by atoms with Gasteiger partial charge in [0.2, 0.25) is 0 Å². The Morgan fingerprint density at radius 3 is 2.38 bits per heavy atom. The van der Waals surface area contributed by atoms with Crippen molar-refractivity contribution >= 4 is 17.6 Å². The van der Waals surface area contributed by atoms with Gasteiger partial charge in [0, 0.05) is 24.3 Å². The third-order valence-corrected chi connectivity index (χ3v) is 3.80. The van der Waals surface area contributed by atoms with Crippen LogP contribution in [0, 0.1) is 0 Å². The fraction of sp³-hybridized carbons (Fsp3) is 0.278. The largest absolute Gasteiger partial charge is 0.371 e. The summed E-state index contributed by atoms with van der Waals surface area (Å²) in [6, 6.07) is 18.5. The molecule has 2 aromatic rings. The van der Waals surface area contributed by atoms with Crippen LogP contribution >= 0.6 is 0 Å². The number of hydrogen-bond acceptors (Lipinski definition) is 3. The van der Waals surface area contributed by atoms with Crippen molar-refractivity contribution < 1.29 is 0 Å². The summed E-state index contributed by atoms with van der Waals surface area (Å²) in [5, 5.41) is 4.37. The van der Waals surface area contributed by atoms with Crippen LogP contribution in [0.2, 0.25) is 0 Å². The normalized spacial score (nSPS) is 15.3. The zero-order chi connectivity index (χ0) is 14.3. The summed E-state index contributed by atoms with van der Waals surface area (Å²) in [5.41, 5.74) is 6.54. The topological polar surface area (TPSA) is 27.6 Å². The van der Waals surface area contributed by atoms with Crippen LogP contribution in [0.4, 0.5) is 11.4 Å². The number of anilines is 2. The van der Waals surface area contributed by atoms with E-state index >= 15 is 0 Å². The molecule has 0 aliphatic carbocycles. The molecule has 108 valence electrons. The number of hydrazone groups is 1. The smallest absolute Gasteiger partial charge is 0.0565 e. The lowest BCUT2D eigenvalue weighted by atomic mass is 10.1. The first kappa shape index (κ1) is 13.7. The van der Waals surface area contributed by atoms with Crippen molar-refractivity contribution in [1.29, 1.82) is 0 Å². The Morgan fingerprint density at radius 1 is 0.857 bits per heavy atom. The Labute approximate surface area is 126 Å². The molecule has 3 nitrogen and oxygen atoms in total. The quantitative estimate of drug-likeness (QED) is 0.673. The van der Waals surface area contributed by atoms with E-state index in [-0.39, 0.29) is 0 Å². The van der Waals surface area contributed by atoms with Gasteiger partial charge in [-0.3, -0.25) is 5.43 Å². The van der Waals surface area contributed by atoms with Gasteiger partial charge in [0.15, 0.2) is 0 Å². The van der Waals surface area contributed by atoms with Gasteiger partial charge >= 0.3 is 0 Å². The summed E-state index contributed by atoms with van der Waals surface area (Å²) in [6.07, 6.45) is 5.83. The van der Waals surface area contributed by atoms with Crippen molar-refractivity contribution in [3.8, 4) is 0 Å². The molecule has 1 N–H and O–H groups in total. The second-order valence-electron chi connectivity index (χ2n) is 5.34. The monoisotopic (exact) mass is 279 g/mol. The predicted octanol–water partition coefficient (Wildman–Crippen LogP) is 4.12. The first-order valence-corrected chi connectivity index (χ1v) is 7.61. The third kappa shape index (κ3) is 3.63. The molecule has 3 rings (SSSR count). The van der Waals surface area contributed by atoms with E-state index in [1.165, 1.54) is 30.5 Å². The molecular formula is C18H21N3. The van der Waals surface area contributed by atoms with Gasteiger partial charge in [-0.2, -0.15) is 5.10 Å². The van der Waals surface area contributed by atoms with E-state index in [0.29, 0.717) is 0 Å². The molecule has 0 spiro atoms. The number of nitrogens with one attached hydrogen (secondary N) is 1. The Morgan fingerprint density at radius 2 is 1.57 bits per heavy atom. The highest BCUT2D eigenvalue weighted by Gasteiger charge is 2.12. The summed E-state index contributed by atoms with van der Waals surface area (Å²) in [7, 11) is 0. The van der Waals surface area contributed by atoms with E-state index < -0.39 is 0 Å². The van der Waals surface area contributed by atoms with Crippen LogP contribution in [-0.2, 0) is 0 Å². The highest BCUT2D eigenvalue weighted by atomic mass is 15.3. The molecule has 1 aliphatic heterocycles. The molecule has 0 amide bonds. The maximum atomic E-state index is 4.37. The second-order valence-corrected chi connectivity index (χ2v) is 5.34. The molecular weight excluding hydrogens is 258 g/mol. The zero-order valence-electron chi connectivity index (χ0n) is 12.2. The molecule has 1 heterocycles. The standard InChI is InChI=1S/C18H21N3/c1-3-10-17(11-4-1)20-19-15-16-9-5-6-12-18(16)21-13-7-2-8-14-21/h1,3-6,9-12,15,20H,2,7-8,13-14H2. The van der Waals surface area contributed by atoms with E-state index in [4.69, 9.17) is 0 Å². The SMILES string of the molecule is C(=NNc1ccccc1)c1ccccc1N1CCCCC1. The number of rotatable bonds is 4. The van der Waals surface area contributed by atoms with Crippen LogP contribution in [0.1, 0.15) is 24.8 Å². The summed E-state index contributed by atoms with van der Waals surface area (Å²) in [5.74, 6) is 0. The minimum Gasteiger partial charge on any atom is -0.371 e. The highest BCUT2D eigenvalue weighted by Crippen LogP contribution is 2.22. The minimum absolute atomic E-state index is 1.00. The van der Waals surface area contributed by atoms with Gasteiger partial charge < -0.3 is 4.90 Å². The third-order valence-electron chi connectivity index (χ3n) is 3.80. The minimum atomic E-state index is 1.00. The molecule has 0 bridgehead atoms. The fourth-order valence-electron chi connectivity index (χ4n) is 2.71. The van der Waals surface area contributed by atoms with Crippen LogP contribution in [0.15, 0.2) is 59.7 Å². The molecule has 1 fully saturated rings. The molecule has 21 heavy (non-hydrogen) atoms. The maximum Gasteiger partial charge on any atom is 0.0565 e. The van der Waals surface area contributed by atoms with E-state index in [0.717, 1.165) is 18.8 Å². The average molecular weight is 279 g/mol. The molecule has 0 aromatic heterocycles. The number of piperidine rings is 1. The van der Waals surface area contributed by atoms with Crippen LogP contribution in [0.25, 0.3) is 0 Å². The van der Waals surface area contributed by atoms with E-state index in [1.807, 2.05) is 36.5 Å². The number of hydrogen-bond donors (Lipinski definition) is 1. The van der Waals surface area contributed by atoms with Gasteiger partial charge in [0.05, 0.1) is 11.9 Å². The van der Waals surface area contributed by atoms with Crippen molar-refractivity contribution in [2.75, 3.05) is 23.4 Å². The Bertz CT molecular complexity index is 586. The summed E-state index contributed by atoms with van der Waals surface area (Å²) >= 11 is 0. The maximum absolute atomic E-state index is 4.37. The molecule has 3 heteroatoms. The molecule has 2 aromatic carbocycles. The molecule has 0 atom stereocenters. The Balaban J connectivity index is 1.72. The zero-order valence-corrected chi connectivity index (χ0v) is 12.2. The van der Waals surface area contributed by atoms with Crippen LogP contribution in [0.5, 0.6) is 0 Å². The van der Waals surface area contributed by atoms with Crippen LogP contribution < -0.4 is 10.3 Å². The molecule has 0 radical (unpaired) electrons. The molecule has 0 unspecified atom stereocenters. The van der Waals surface area contributed by atoms with E-state index in [9.17, 15) is 0 Å². The highest BCUT2D eigenvalue weighted by molar-refractivity contribution is 5.88. The lowest BCUT2D eigenvalue weighted by Gasteiger charge is -2.29. The van der Waals surface area contributed by atoms with E-state index in [1.54, 1.807) is 0 Å². The molecule has 0 saturated carbocycles. The first-order valence-electron chi connectivity index (χ1n) is 7.61. The Hall–Kier alpha value is -2.29. The predicted molar refractivity (Wildman–Crippen MR) is 90.2 cm³/mol. The number of para-hydroxylation sites is 2. The van der Waals surface area contributed by atoms with Gasteiger partial charge in [-0.05, 0) is 37.5 Å². The van der Waals surface area contributed by atoms with Crippen molar-refractivity contribution in [2.24, 2.45) is 5.10 Å². The molecule has 1 aliphatic rings. The fourth-order valence-corrected chi connectivity index (χ4v) is 2.71. The van der Waals surface area contributed by atoms with Gasteiger partial charge in [0.1, 0.15) is 0 Å². The lowest BCUT2D eigenvalue weighted by molar-refractivity contribution is 0.578. The average Bonchev–Trinajstić information content (AvgIpc) is 2.57. The Kier molecular flexibility index (Phi) is 4.52. The number of nitrogens with zero attached hydrogens (tertiary/aromatic N) is 2. The van der Waals surface area contributed by atoms with Gasteiger partial charge in [0.25, 0.3) is 0 Å². The van der Waals surface area contributed by atoms with E-state index in [2.05, 4.69) is 39.7 Å². The summed E-state index contributed by atoms with van der Waals surface area (Å²) < 4.78 is 0. The van der Waals surface area contributed by atoms with Gasteiger partial charge in [-0.1, -0.05) is 36.4 Å². The second kappa shape index (κ2) is 6.93.